The first-order valence-electron chi connectivity index (χ1n) is 4.55. The Bertz CT molecular complexity index is 241. The molecule has 0 aromatic heterocycles. The maximum atomic E-state index is 9.74. The first-order chi connectivity index (χ1) is 8.41. The molecule has 0 aliphatic rings. The van der Waals surface area contributed by atoms with Crippen molar-refractivity contribution in [2.24, 2.45) is 9.98 Å². The van der Waals surface area contributed by atoms with E-state index in [1.54, 1.807) is 23.5 Å². The molecular weight excluding hydrogens is 300 g/mol. The highest BCUT2D eigenvalue weighted by Gasteiger charge is 1.93. The van der Waals surface area contributed by atoms with Crippen LogP contribution in [-0.4, -0.2) is 46.9 Å². The van der Waals surface area contributed by atoms with Crippen molar-refractivity contribution < 1.29 is 13.2 Å². The first-order valence-corrected chi connectivity index (χ1v) is 8.68. The van der Waals surface area contributed by atoms with Crippen molar-refractivity contribution >= 4 is 59.8 Å². The number of isocyanates is 2. The van der Waals surface area contributed by atoms with E-state index >= 15 is 0 Å². The van der Waals surface area contributed by atoms with Crippen molar-refractivity contribution in [3.05, 3.63) is 0 Å². The minimum Gasteiger partial charge on any atom is -0.247 e. The van der Waals surface area contributed by atoms with Crippen LogP contribution in [0.2, 0.25) is 0 Å². The van der Waals surface area contributed by atoms with Gasteiger partial charge in [0.15, 0.2) is 0 Å². The lowest BCUT2D eigenvalue weighted by atomic mass is 11.0. The molecule has 0 aliphatic carbocycles. The number of nitrogens with zero attached hydrogens (tertiary/aromatic N) is 2. The van der Waals surface area contributed by atoms with Crippen LogP contribution in [0.1, 0.15) is 0 Å². The Morgan fingerprint density at radius 1 is 0.824 bits per heavy atom. The summed E-state index contributed by atoms with van der Waals surface area (Å²) in [5.74, 6) is 4.41. The van der Waals surface area contributed by atoms with Crippen molar-refractivity contribution in [2.75, 3.05) is 34.8 Å². The van der Waals surface area contributed by atoms with Gasteiger partial charge in [-0.15, -0.1) is 23.5 Å². The predicted octanol–water partition coefficient (Wildman–Crippen LogP) is 2.35. The summed E-state index contributed by atoms with van der Waals surface area (Å²) < 4.78 is 5.24. The normalized spacial score (nSPS) is 9.41. The number of thioether (sulfide) groups is 2. The maximum Gasteiger partial charge on any atom is 0.235 e. The highest BCUT2D eigenvalue weighted by atomic mass is 32.2. The molecule has 5 nitrogen and oxygen atoms in total. The van der Waals surface area contributed by atoms with Gasteiger partial charge in [0, 0.05) is 47.1 Å². The van der Waals surface area contributed by atoms with Crippen molar-refractivity contribution in [3.63, 3.8) is 0 Å². The molecule has 0 aromatic rings. The highest BCUT2D eigenvalue weighted by molar-refractivity contribution is 8.09. The molecule has 0 aliphatic heterocycles. The summed E-state index contributed by atoms with van der Waals surface area (Å²) in [4.78, 5) is 26.3. The molecule has 0 heterocycles. The van der Waals surface area contributed by atoms with Gasteiger partial charge < -0.3 is 0 Å². The first kappa shape index (κ1) is 17.1. The van der Waals surface area contributed by atoms with Gasteiger partial charge in [0.05, 0.1) is 11.8 Å². The van der Waals surface area contributed by atoms with Crippen molar-refractivity contribution in [3.8, 4) is 0 Å². The SMILES string of the molecule is O=C=NCSCCSOSCCSCN=C=O. The topological polar surface area (TPSA) is 68.1 Å². The van der Waals surface area contributed by atoms with E-state index < -0.39 is 0 Å². The van der Waals surface area contributed by atoms with Crippen LogP contribution in [0.5, 0.6) is 0 Å². The van der Waals surface area contributed by atoms with E-state index in [4.69, 9.17) is 3.63 Å². The summed E-state index contributed by atoms with van der Waals surface area (Å²) in [5, 5.41) is 0. The average molecular weight is 312 g/mol. The Kier molecular flexibility index (Phi) is 16.2. The summed E-state index contributed by atoms with van der Waals surface area (Å²) in [5.41, 5.74) is 0. The zero-order chi connectivity index (χ0) is 12.6. The molecule has 96 valence electrons. The van der Waals surface area contributed by atoms with Gasteiger partial charge in [0.25, 0.3) is 0 Å². The van der Waals surface area contributed by atoms with Crippen molar-refractivity contribution in [1.29, 1.82) is 0 Å². The summed E-state index contributed by atoms with van der Waals surface area (Å²) >= 11 is 5.90. The number of aliphatic imine (C=N–C) groups is 2. The second-order valence-corrected chi connectivity index (χ2v) is 6.27. The Labute approximate surface area is 117 Å². The Balaban J connectivity index is 2.98. The minimum atomic E-state index is 0.463. The van der Waals surface area contributed by atoms with E-state index in [1.165, 1.54) is 36.2 Å². The molecule has 0 bridgehead atoms. The smallest absolute Gasteiger partial charge is 0.235 e. The zero-order valence-electron chi connectivity index (χ0n) is 8.99. The van der Waals surface area contributed by atoms with Crippen LogP contribution < -0.4 is 0 Å². The van der Waals surface area contributed by atoms with Crippen LogP contribution in [0.3, 0.4) is 0 Å². The molecule has 0 rings (SSSR count). The molecule has 0 saturated heterocycles. The third-order valence-electron chi connectivity index (χ3n) is 1.16. The van der Waals surface area contributed by atoms with Gasteiger partial charge in [-0.05, 0) is 0 Å². The molecule has 0 N–H and O–H groups in total. The number of hydrogen-bond donors (Lipinski definition) is 0. The van der Waals surface area contributed by atoms with E-state index in [0.29, 0.717) is 11.8 Å². The summed E-state index contributed by atoms with van der Waals surface area (Å²) in [7, 11) is 0. The summed E-state index contributed by atoms with van der Waals surface area (Å²) in [6.45, 7) is 0. The second kappa shape index (κ2) is 16.1. The fourth-order valence-electron chi connectivity index (χ4n) is 0.561. The van der Waals surface area contributed by atoms with Crippen LogP contribution >= 0.6 is 47.6 Å². The lowest BCUT2D eigenvalue weighted by molar-refractivity contribution is 0.563. The summed E-state index contributed by atoms with van der Waals surface area (Å²) in [6.07, 6.45) is 2.97. The lowest BCUT2D eigenvalue weighted by Gasteiger charge is -2.00. The molecular formula is C8H12N2O3S4. The molecule has 0 spiro atoms. The average Bonchev–Trinajstić information content (AvgIpc) is 2.35. The van der Waals surface area contributed by atoms with Gasteiger partial charge in [0.2, 0.25) is 12.2 Å². The fraction of sp³-hybridized carbons (Fsp3) is 0.750. The summed E-state index contributed by atoms with van der Waals surface area (Å²) in [6, 6.07) is 0. The molecule has 0 fully saturated rings. The van der Waals surface area contributed by atoms with Gasteiger partial charge >= 0.3 is 0 Å². The Morgan fingerprint density at radius 3 is 1.71 bits per heavy atom. The molecule has 0 aromatic carbocycles. The van der Waals surface area contributed by atoms with E-state index in [-0.39, 0.29) is 0 Å². The molecule has 0 atom stereocenters. The van der Waals surface area contributed by atoms with Gasteiger partial charge in [0.1, 0.15) is 0 Å². The largest absolute Gasteiger partial charge is 0.247 e. The molecule has 0 amide bonds. The van der Waals surface area contributed by atoms with E-state index in [9.17, 15) is 9.59 Å². The zero-order valence-corrected chi connectivity index (χ0v) is 12.3. The van der Waals surface area contributed by atoms with Gasteiger partial charge in [-0.25, -0.2) is 13.2 Å². The monoisotopic (exact) mass is 312 g/mol. The molecule has 9 heteroatoms. The quantitative estimate of drug-likeness (QED) is 0.237. The highest BCUT2D eigenvalue weighted by Crippen LogP contribution is 2.17. The molecule has 17 heavy (non-hydrogen) atoms. The molecule has 0 radical (unpaired) electrons. The van der Waals surface area contributed by atoms with E-state index in [2.05, 4.69) is 9.98 Å². The minimum absolute atomic E-state index is 0.463. The van der Waals surface area contributed by atoms with Gasteiger partial charge in [-0.2, -0.15) is 9.98 Å². The number of rotatable bonds is 12. The number of carbonyl (C=O) groups excluding carboxylic acids is 2. The Morgan fingerprint density at radius 2 is 1.29 bits per heavy atom. The third kappa shape index (κ3) is 16.1. The fourth-order valence-corrected chi connectivity index (χ4v) is 3.41. The van der Waals surface area contributed by atoms with Crippen LogP contribution in [0.4, 0.5) is 0 Å². The predicted molar refractivity (Wildman–Crippen MR) is 76.9 cm³/mol. The van der Waals surface area contributed by atoms with Crippen LogP contribution in [0.25, 0.3) is 0 Å². The van der Waals surface area contributed by atoms with Crippen molar-refractivity contribution in [2.45, 2.75) is 0 Å². The van der Waals surface area contributed by atoms with Crippen molar-refractivity contribution in [1.82, 2.24) is 0 Å². The maximum absolute atomic E-state index is 9.74. The van der Waals surface area contributed by atoms with Gasteiger partial charge in [-0.3, -0.25) is 0 Å². The second-order valence-electron chi connectivity index (χ2n) is 2.29. The van der Waals surface area contributed by atoms with E-state index in [0.717, 1.165) is 23.0 Å². The molecule has 0 unspecified atom stereocenters. The van der Waals surface area contributed by atoms with Crippen LogP contribution in [-0.2, 0) is 13.2 Å². The van der Waals surface area contributed by atoms with Gasteiger partial charge in [-0.1, -0.05) is 0 Å². The third-order valence-corrected chi connectivity index (χ3v) is 4.80. The standard InChI is InChI=1S/C8H12N2O3S4/c11-5-9-7-14-1-3-16-13-17-4-2-15-8-10-6-12/h1-4,7-8H2. The number of hydrogen-bond acceptors (Lipinski definition) is 9. The van der Waals surface area contributed by atoms with Crippen LogP contribution in [0, 0.1) is 0 Å². The molecule has 0 saturated carbocycles. The Hall–Kier alpha value is 0.120. The van der Waals surface area contributed by atoms with E-state index in [1.807, 2.05) is 0 Å². The lowest BCUT2D eigenvalue weighted by Crippen LogP contribution is -1.87. The van der Waals surface area contributed by atoms with Crippen LogP contribution in [0.15, 0.2) is 9.98 Å².